The zero-order valence-corrected chi connectivity index (χ0v) is 18.0. The quantitative estimate of drug-likeness (QED) is 0.673. The fraction of sp³-hybridized carbons (Fsp3) is 0.522. The third-order valence-electron chi connectivity index (χ3n) is 5.35. The van der Waals surface area contributed by atoms with Crippen LogP contribution in [0.4, 0.5) is 0 Å². The van der Waals surface area contributed by atoms with Gasteiger partial charge in [0.2, 0.25) is 0 Å². The molecule has 1 fully saturated rings. The summed E-state index contributed by atoms with van der Waals surface area (Å²) in [5, 5.41) is 13.7. The molecule has 1 aromatic carbocycles. The van der Waals surface area contributed by atoms with Gasteiger partial charge in [0, 0.05) is 50.2 Å². The van der Waals surface area contributed by atoms with Gasteiger partial charge in [0.15, 0.2) is 0 Å². The second-order valence-corrected chi connectivity index (χ2v) is 7.82. The summed E-state index contributed by atoms with van der Waals surface area (Å²) in [7, 11) is 1.65. The van der Waals surface area contributed by atoms with Gasteiger partial charge >= 0.3 is 0 Å². The van der Waals surface area contributed by atoms with Gasteiger partial charge in [-0.15, -0.1) is 0 Å². The Bertz CT molecular complexity index is 917. The molecule has 1 aliphatic heterocycles. The van der Waals surface area contributed by atoms with Crippen LogP contribution in [0.25, 0.3) is 10.9 Å². The number of rotatable bonds is 8. The van der Waals surface area contributed by atoms with E-state index >= 15 is 0 Å². The summed E-state index contributed by atoms with van der Waals surface area (Å²) in [5.41, 5.74) is 1.24. The fourth-order valence-corrected chi connectivity index (χ4v) is 3.95. The molecule has 0 aliphatic carbocycles. The third kappa shape index (κ3) is 4.89. The number of nitriles is 1. The molecule has 1 aliphatic rings. The summed E-state index contributed by atoms with van der Waals surface area (Å²) in [6.07, 6.45) is 2.74. The first-order valence-corrected chi connectivity index (χ1v) is 10.6. The summed E-state index contributed by atoms with van der Waals surface area (Å²) in [5.74, 6) is 0.442. The van der Waals surface area contributed by atoms with Crippen LogP contribution in [-0.4, -0.2) is 61.3 Å². The van der Waals surface area contributed by atoms with Crippen molar-refractivity contribution in [3.63, 3.8) is 0 Å². The lowest BCUT2D eigenvalue weighted by atomic mass is 10.0. The minimum atomic E-state index is -0.130. The van der Waals surface area contributed by atoms with Crippen molar-refractivity contribution >= 4 is 16.8 Å². The topological polar surface area (TPSA) is 87.5 Å². The lowest BCUT2D eigenvalue weighted by molar-refractivity contribution is 0.0567. The first kappa shape index (κ1) is 22.0. The van der Waals surface area contributed by atoms with Crippen LogP contribution in [0.5, 0.6) is 5.75 Å². The lowest BCUT2D eigenvalue weighted by Crippen LogP contribution is -2.51. The smallest absolute Gasteiger partial charge is 0.273 e. The summed E-state index contributed by atoms with van der Waals surface area (Å²) in [6.45, 7) is 6.86. The molecule has 0 radical (unpaired) electrons. The molecule has 2 heterocycles. The molecule has 1 amide bonds. The number of methoxy groups -OCH3 is 1. The average molecular weight is 411 g/mol. The SMILES string of the molecule is COCCCOc1cc(C(=O)N(C(C)C)[C@@H]2CCCNC2)nc2c(C#N)cccc12. The standard InChI is InChI=1S/C23H30N4O3/c1-16(2)27(18-8-5-10-25-15-18)23(28)20-13-21(30-12-6-11-29-3)19-9-4-7-17(14-24)22(19)26-20/h4,7,9,13,16,18,25H,5-6,8,10-12,15H2,1-3H3/t18-/m1/s1. The Labute approximate surface area is 178 Å². The Morgan fingerprint density at radius 2 is 2.23 bits per heavy atom. The Balaban J connectivity index is 2.00. The van der Waals surface area contributed by atoms with E-state index in [0.717, 1.165) is 37.7 Å². The third-order valence-corrected chi connectivity index (χ3v) is 5.35. The highest BCUT2D eigenvalue weighted by molar-refractivity contribution is 5.98. The van der Waals surface area contributed by atoms with Gasteiger partial charge in [-0.25, -0.2) is 4.98 Å². The second-order valence-electron chi connectivity index (χ2n) is 7.82. The van der Waals surface area contributed by atoms with Crippen molar-refractivity contribution < 1.29 is 14.3 Å². The number of carbonyl (C=O) groups excluding carboxylic acids is 1. The maximum absolute atomic E-state index is 13.5. The number of nitrogens with one attached hydrogen (secondary N) is 1. The molecule has 160 valence electrons. The van der Waals surface area contributed by atoms with Gasteiger partial charge < -0.3 is 19.7 Å². The Morgan fingerprint density at radius 1 is 1.40 bits per heavy atom. The molecule has 2 aromatic rings. The first-order chi connectivity index (χ1) is 14.6. The maximum atomic E-state index is 13.5. The Hall–Kier alpha value is -2.69. The van der Waals surface area contributed by atoms with Crippen molar-refractivity contribution in [2.24, 2.45) is 0 Å². The first-order valence-electron chi connectivity index (χ1n) is 10.6. The molecular formula is C23H30N4O3. The van der Waals surface area contributed by atoms with Crippen LogP contribution >= 0.6 is 0 Å². The summed E-state index contributed by atoms with van der Waals surface area (Å²) in [6, 6.07) is 9.45. The van der Waals surface area contributed by atoms with Crippen LogP contribution in [0.1, 0.15) is 49.2 Å². The van der Waals surface area contributed by atoms with E-state index in [4.69, 9.17) is 9.47 Å². The van der Waals surface area contributed by atoms with Crippen LogP contribution in [0, 0.1) is 11.3 Å². The zero-order valence-electron chi connectivity index (χ0n) is 18.0. The summed E-state index contributed by atoms with van der Waals surface area (Å²) >= 11 is 0. The van der Waals surface area contributed by atoms with E-state index in [1.807, 2.05) is 24.8 Å². The van der Waals surface area contributed by atoms with E-state index < -0.39 is 0 Å². The monoisotopic (exact) mass is 410 g/mol. The molecule has 0 saturated carbocycles. The number of amides is 1. The van der Waals surface area contributed by atoms with E-state index in [0.29, 0.717) is 35.7 Å². The molecule has 3 rings (SSSR count). The van der Waals surface area contributed by atoms with Crippen molar-refractivity contribution in [1.29, 1.82) is 5.26 Å². The van der Waals surface area contributed by atoms with Gasteiger partial charge in [0.25, 0.3) is 5.91 Å². The van der Waals surface area contributed by atoms with Crippen molar-refractivity contribution in [2.45, 2.75) is 45.2 Å². The van der Waals surface area contributed by atoms with Crippen LogP contribution < -0.4 is 10.1 Å². The molecule has 7 nitrogen and oxygen atoms in total. The maximum Gasteiger partial charge on any atom is 0.273 e. The van der Waals surface area contributed by atoms with Gasteiger partial charge in [-0.2, -0.15) is 5.26 Å². The number of aromatic nitrogens is 1. The van der Waals surface area contributed by atoms with Crippen LogP contribution in [0.3, 0.4) is 0 Å². The second kappa shape index (κ2) is 10.4. The van der Waals surface area contributed by atoms with Gasteiger partial charge in [-0.05, 0) is 45.4 Å². The molecule has 0 bridgehead atoms. The van der Waals surface area contributed by atoms with Crippen LogP contribution in [-0.2, 0) is 4.74 Å². The van der Waals surface area contributed by atoms with Gasteiger partial charge in [-0.1, -0.05) is 6.07 Å². The van der Waals surface area contributed by atoms with E-state index in [1.54, 1.807) is 25.3 Å². The number of carbonyl (C=O) groups is 1. The highest BCUT2D eigenvalue weighted by atomic mass is 16.5. The molecule has 30 heavy (non-hydrogen) atoms. The number of pyridine rings is 1. The van der Waals surface area contributed by atoms with Crippen molar-refractivity contribution in [2.75, 3.05) is 33.4 Å². The molecule has 1 aromatic heterocycles. The molecule has 1 atom stereocenters. The van der Waals surface area contributed by atoms with E-state index in [2.05, 4.69) is 16.4 Å². The van der Waals surface area contributed by atoms with Crippen LogP contribution in [0.2, 0.25) is 0 Å². The van der Waals surface area contributed by atoms with E-state index in [9.17, 15) is 10.1 Å². The molecule has 7 heteroatoms. The predicted molar refractivity (Wildman–Crippen MR) is 116 cm³/mol. The minimum absolute atomic E-state index is 0.0391. The number of piperidine rings is 1. The van der Waals surface area contributed by atoms with Crippen molar-refractivity contribution in [1.82, 2.24) is 15.2 Å². The van der Waals surface area contributed by atoms with Gasteiger partial charge in [-0.3, -0.25) is 4.79 Å². The number of ether oxygens (including phenoxy) is 2. The number of fused-ring (bicyclic) bond motifs is 1. The summed E-state index contributed by atoms with van der Waals surface area (Å²) in [4.78, 5) is 20.1. The molecule has 1 saturated heterocycles. The molecule has 0 spiro atoms. The van der Waals surface area contributed by atoms with E-state index in [1.165, 1.54) is 0 Å². The molecule has 0 unspecified atom stereocenters. The number of nitrogens with zero attached hydrogens (tertiary/aromatic N) is 3. The lowest BCUT2D eigenvalue weighted by Gasteiger charge is -2.37. The summed E-state index contributed by atoms with van der Waals surface area (Å²) < 4.78 is 11.1. The van der Waals surface area contributed by atoms with Crippen molar-refractivity contribution in [3.05, 3.63) is 35.5 Å². The minimum Gasteiger partial charge on any atom is -0.493 e. The number of hydrogen-bond acceptors (Lipinski definition) is 6. The van der Waals surface area contributed by atoms with E-state index in [-0.39, 0.29) is 18.0 Å². The predicted octanol–water partition coefficient (Wildman–Crippen LogP) is 3.12. The highest BCUT2D eigenvalue weighted by Gasteiger charge is 2.30. The fourth-order valence-electron chi connectivity index (χ4n) is 3.95. The zero-order chi connectivity index (χ0) is 21.5. The highest BCUT2D eigenvalue weighted by Crippen LogP contribution is 2.29. The van der Waals surface area contributed by atoms with Crippen LogP contribution in [0.15, 0.2) is 24.3 Å². The average Bonchev–Trinajstić information content (AvgIpc) is 2.76. The molecular weight excluding hydrogens is 380 g/mol. The molecule has 1 N–H and O–H groups in total. The normalized spacial score (nSPS) is 16.4. The largest absolute Gasteiger partial charge is 0.493 e. The Kier molecular flexibility index (Phi) is 7.61. The van der Waals surface area contributed by atoms with Gasteiger partial charge in [0.05, 0.1) is 17.7 Å². The number of para-hydroxylation sites is 1. The van der Waals surface area contributed by atoms with Gasteiger partial charge in [0.1, 0.15) is 17.5 Å². The number of benzene rings is 1. The Morgan fingerprint density at radius 3 is 2.90 bits per heavy atom. The number of hydrogen-bond donors (Lipinski definition) is 1. The van der Waals surface area contributed by atoms with Crippen molar-refractivity contribution in [3.8, 4) is 11.8 Å².